The number of carbonyl (C=O) groups excluding carboxylic acids is 3. The Morgan fingerprint density at radius 2 is 1.94 bits per heavy atom. The SMILES string of the molecule is NC(=O)C1CN(c2ccc(F)cc2)C(=O)[N]C1=O. The molecular weight excluding hydrogens is 241 g/mol. The van der Waals surface area contributed by atoms with Crippen molar-refractivity contribution >= 4 is 23.5 Å². The molecule has 18 heavy (non-hydrogen) atoms. The van der Waals surface area contributed by atoms with Crippen LogP contribution in [0.4, 0.5) is 14.9 Å². The summed E-state index contributed by atoms with van der Waals surface area (Å²) in [5.41, 5.74) is 5.40. The zero-order valence-electron chi connectivity index (χ0n) is 9.17. The lowest BCUT2D eigenvalue weighted by Crippen LogP contribution is -2.54. The number of imide groups is 1. The van der Waals surface area contributed by atoms with Crippen molar-refractivity contribution in [1.29, 1.82) is 0 Å². The minimum absolute atomic E-state index is 0.178. The molecule has 1 fully saturated rings. The maximum Gasteiger partial charge on any atom is 0.351 e. The predicted octanol–water partition coefficient (Wildman–Crippen LogP) is -0.00180. The van der Waals surface area contributed by atoms with Crippen molar-refractivity contribution in [3.8, 4) is 0 Å². The maximum absolute atomic E-state index is 12.8. The zero-order chi connectivity index (χ0) is 13.3. The Hall–Kier alpha value is -2.44. The van der Waals surface area contributed by atoms with Crippen LogP contribution in [-0.4, -0.2) is 24.4 Å². The molecule has 4 amide bonds. The van der Waals surface area contributed by atoms with E-state index in [0.29, 0.717) is 5.69 Å². The summed E-state index contributed by atoms with van der Waals surface area (Å²) in [6.45, 7) is -0.178. The predicted molar refractivity (Wildman–Crippen MR) is 59.0 cm³/mol. The highest BCUT2D eigenvalue weighted by molar-refractivity contribution is 6.12. The molecule has 1 aliphatic rings. The summed E-state index contributed by atoms with van der Waals surface area (Å²) in [5, 5.41) is 3.22. The van der Waals surface area contributed by atoms with Gasteiger partial charge >= 0.3 is 6.03 Å². The third-order valence-electron chi connectivity index (χ3n) is 2.58. The van der Waals surface area contributed by atoms with Crippen molar-refractivity contribution in [2.45, 2.75) is 0 Å². The molecular formula is C11H9FN3O3. The van der Waals surface area contributed by atoms with Crippen LogP contribution < -0.4 is 16.0 Å². The van der Waals surface area contributed by atoms with Crippen LogP contribution in [0.5, 0.6) is 0 Å². The van der Waals surface area contributed by atoms with E-state index in [2.05, 4.69) is 5.32 Å². The Bertz CT molecular complexity index is 515. The number of anilines is 1. The van der Waals surface area contributed by atoms with Crippen LogP contribution in [-0.2, 0) is 9.59 Å². The molecule has 0 spiro atoms. The third kappa shape index (κ3) is 2.15. The standard InChI is InChI=1S/C11H9FN3O3/c12-6-1-3-7(4-2-6)15-5-8(9(13)16)10(17)14-11(15)18/h1-4,8H,5H2,(H2,13,16). The van der Waals surface area contributed by atoms with Gasteiger partial charge in [-0.3, -0.25) is 14.5 Å². The minimum Gasteiger partial charge on any atom is -0.369 e. The second-order valence-corrected chi connectivity index (χ2v) is 3.77. The molecule has 2 rings (SSSR count). The van der Waals surface area contributed by atoms with E-state index < -0.39 is 29.6 Å². The molecule has 0 aromatic heterocycles. The third-order valence-corrected chi connectivity index (χ3v) is 2.58. The van der Waals surface area contributed by atoms with Crippen molar-refractivity contribution < 1.29 is 18.8 Å². The van der Waals surface area contributed by atoms with Crippen LogP contribution in [0.1, 0.15) is 0 Å². The van der Waals surface area contributed by atoms with Gasteiger partial charge in [0.2, 0.25) is 5.91 Å². The van der Waals surface area contributed by atoms with Gasteiger partial charge in [-0.15, -0.1) is 0 Å². The molecule has 1 radical (unpaired) electrons. The molecule has 0 saturated carbocycles. The molecule has 1 aromatic rings. The van der Waals surface area contributed by atoms with Gasteiger partial charge in [-0.05, 0) is 24.3 Å². The fourth-order valence-corrected chi connectivity index (χ4v) is 1.62. The number of carbonyl (C=O) groups is 3. The number of amides is 4. The average molecular weight is 250 g/mol. The van der Waals surface area contributed by atoms with Gasteiger partial charge in [-0.2, -0.15) is 5.32 Å². The van der Waals surface area contributed by atoms with Gasteiger partial charge < -0.3 is 5.73 Å². The second kappa shape index (κ2) is 4.44. The first-order valence-electron chi connectivity index (χ1n) is 5.11. The second-order valence-electron chi connectivity index (χ2n) is 3.77. The molecule has 93 valence electrons. The van der Waals surface area contributed by atoms with E-state index >= 15 is 0 Å². The lowest BCUT2D eigenvalue weighted by atomic mass is 10.1. The lowest BCUT2D eigenvalue weighted by Gasteiger charge is -2.28. The van der Waals surface area contributed by atoms with Crippen LogP contribution in [0, 0.1) is 11.7 Å². The summed E-state index contributed by atoms with van der Waals surface area (Å²) in [6, 6.07) is 4.26. The topological polar surface area (TPSA) is 94.6 Å². The fraction of sp³-hybridized carbons (Fsp3) is 0.182. The summed E-state index contributed by atoms with van der Waals surface area (Å²) in [7, 11) is 0. The van der Waals surface area contributed by atoms with E-state index in [1.54, 1.807) is 0 Å². The number of benzene rings is 1. The fourth-order valence-electron chi connectivity index (χ4n) is 1.62. The number of nitrogens with two attached hydrogens (primary N) is 1. The van der Waals surface area contributed by atoms with Crippen LogP contribution in [0.2, 0.25) is 0 Å². The van der Waals surface area contributed by atoms with Crippen LogP contribution in [0.25, 0.3) is 0 Å². The van der Waals surface area contributed by atoms with Gasteiger partial charge in [-0.25, -0.2) is 9.18 Å². The Kier molecular flexibility index (Phi) is 2.97. The van der Waals surface area contributed by atoms with Crippen LogP contribution in [0.15, 0.2) is 24.3 Å². The zero-order valence-corrected chi connectivity index (χ0v) is 9.17. The van der Waals surface area contributed by atoms with Gasteiger partial charge in [0.25, 0.3) is 5.91 Å². The molecule has 6 nitrogen and oxygen atoms in total. The van der Waals surface area contributed by atoms with Gasteiger partial charge in [0.05, 0.1) is 0 Å². The van der Waals surface area contributed by atoms with E-state index in [9.17, 15) is 18.8 Å². The normalized spacial score (nSPS) is 19.6. The number of hydrogen-bond acceptors (Lipinski definition) is 3. The molecule has 1 atom stereocenters. The Labute approximate surface area is 102 Å². The van der Waals surface area contributed by atoms with E-state index in [1.807, 2.05) is 0 Å². The van der Waals surface area contributed by atoms with Crippen molar-refractivity contribution in [3.05, 3.63) is 30.1 Å². The summed E-state index contributed by atoms with van der Waals surface area (Å²) >= 11 is 0. The maximum atomic E-state index is 12.8. The number of halogens is 1. The van der Waals surface area contributed by atoms with E-state index in [1.165, 1.54) is 12.1 Å². The largest absolute Gasteiger partial charge is 0.369 e. The summed E-state index contributed by atoms with van der Waals surface area (Å²) in [6.07, 6.45) is 0. The van der Waals surface area contributed by atoms with Crippen molar-refractivity contribution in [3.63, 3.8) is 0 Å². The number of nitrogens with zero attached hydrogens (tertiary/aromatic N) is 2. The summed E-state index contributed by atoms with van der Waals surface area (Å²) < 4.78 is 12.8. The van der Waals surface area contributed by atoms with E-state index in [-0.39, 0.29) is 6.54 Å². The molecule has 1 aromatic carbocycles. The number of rotatable bonds is 2. The molecule has 2 N–H and O–H groups in total. The molecule has 0 bridgehead atoms. The quantitative estimate of drug-likeness (QED) is 0.748. The lowest BCUT2D eigenvalue weighted by molar-refractivity contribution is -0.133. The molecule has 1 unspecified atom stereocenters. The Balaban J connectivity index is 2.27. The Morgan fingerprint density at radius 3 is 2.50 bits per heavy atom. The average Bonchev–Trinajstić information content (AvgIpc) is 2.30. The molecule has 7 heteroatoms. The van der Waals surface area contributed by atoms with Gasteiger partial charge in [-0.1, -0.05) is 0 Å². The molecule has 1 aliphatic heterocycles. The van der Waals surface area contributed by atoms with Crippen molar-refractivity contribution in [2.75, 3.05) is 11.4 Å². The number of hydrogen-bond donors (Lipinski definition) is 1. The summed E-state index contributed by atoms with van der Waals surface area (Å²) in [5.74, 6) is -3.30. The number of urea groups is 1. The smallest absolute Gasteiger partial charge is 0.351 e. The highest BCUT2D eigenvalue weighted by Gasteiger charge is 2.37. The molecule has 0 aliphatic carbocycles. The monoisotopic (exact) mass is 250 g/mol. The van der Waals surface area contributed by atoms with Crippen LogP contribution in [0.3, 0.4) is 0 Å². The molecule has 1 heterocycles. The highest BCUT2D eigenvalue weighted by atomic mass is 19.1. The minimum atomic E-state index is -1.16. The van der Waals surface area contributed by atoms with Crippen molar-refractivity contribution in [2.24, 2.45) is 11.7 Å². The van der Waals surface area contributed by atoms with Gasteiger partial charge in [0.1, 0.15) is 11.7 Å². The Morgan fingerprint density at radius 1 is 1.33 bits per heavy atom. The first-order chi connectivity index (χ1) is 8.49. The van der Waals surface area contributed by atoms with E-state index in [4.69, 9.17) is 5.73 Å². The number of primary amides is 1. The van der Waals surface area contributed by atoms with Gasteiger partial charge in [0.15, 0.2) is 0 Å². The van der Waals surface area contributed by atoms with Crippen LogP contribution >= 0.6 is 0 Å². The highest BCUT2D eigenvalue weighted by Crippen LogP contribution is 2.20. The summed E-state index contributed by atoms with van der Waals surface area (Å²) in [4.78, 5) is 35.0. The van der Waals surface area contributed by atoms with E-state index in [0.717, 1.165) is 17.0 Å². The molecule has 1 saturated heterocycles. The van der Waals surface area contributed by atoms with Gasteiger partial charge in [0, 0.05) is 12.2 Å². The first kappa shape index (κ1) is 12.0. The van der Waals surface area contributed by atoms with Crippen molar-refractivity contribution in [1.82, 2.24) is 5.32 Å². The first-order valence-corrected chi connectivity index (χ1v) is 5.11.